The zero-order chi connectivity index (χ0) is 14.7. The van der Waals surface area contributed by atoms with E-state index < -0.39 is 0 Å². The number of allylic oxidation sites excluding steroid dienone is 4. The number of fused-ring (bicyclic) bond motifs is 3. The molecule has 0 bridgehead atoms. The number of hydrogen-bond acceptors (Lipinski definition) is 1. The van der Waals surface area contributed by atoms with Crippen LogP contribution in [0.5, 0.6) is 0 Å². The highest BCUT2D eigenvalue weighted by atomic mass is 16.1. The Bertz CT molecular complexity index is 763. The molecule has 0 unspecified atom stereocenters. The molecule has 102 valence electrons. The maximum atomic E-state index is 12.1. The first-order valence-corrected chi connectivity index (χ1v) is 6.88. The van der Waals surface area contributed by atoms with Gasteiger partial charge in [-0.3, -0.25) is 4.79 Å². The number of rotatable bonds is 2. The third-order valence-corrected chi connectivity index (χ3v) is 3.47. The van der Waals surface area contributed by atoms with Gasteiger partial charge >= 0.3 is 0 Å². The average Bonchev–Trinajstić information content (AvgIpc) is 2.87. The molecule has 2 heteroatoms. The standard InChI is InChI=1S/C16H13NO.C2H6/c1-3-10-9-14-12-7-5-6-8-13(12)16(18)17-15(14)11(10)4-2;1-2/h3-8H,1-2,9H2,(H,17,18);1-2H3. The average molecular weight is 265 g/mol. The second-order valence-electron chi connectivity index (χ2n) is 4.38. The van der Waals surface area contributed by atoms with E-state index in [0.717, 1.165) is 39.6 Å². The van der Waals surface area contributed by atoms with Crippen molar-refractivity contribution in [3.63, 3.8) is 0 Å². The van der Waals surface area contributed by atoms with E-state index in [0.29, 0.717) is 0 Å². The van der Waals surface area contributed by atoms with Gasteiger partial charge in [-0.25, -0.2) is 0 Å². The van der Waals surface area contributed by atoms with Gasteiger partial charge in [0.2, 0.25) is 0 Å². The van der Waals surface area contributed by atoms with Crippen molar-refractivity contribution in [2.75, 3.05) is 0 Å². The zero-order valence-corrected chi connectivity index (χ0v) is 12.0. The molecule has 1 aromatic carbocycles. The largest absolute Gasteiger partial charge is 0.321 e. The normalized spacial score (nSPS) is 12.7. The van der Waals surface area contributed by atoms with Gasteiger partial charge in [-0.2, -0.15) is 0 Å². The Morgan fingerprint density at radius 1 is 1.10 bits per heavy atom. The van der Waals surface area contributed by atoms with Gasteiger partial charge in [0.25, 0.3) is 5.56 Å². The molecule has 0 amide bonds. The van der Waals surface area contributed by atoms with Crippen LogP contribution < -0.4 is 5.56 Å². The quantitative estimate of drug-likeness (QED) is 0.865. The summed E-state index contributed by atoms with van der Waals surface area (Å²) in [6.45, 7) is 11.7. The lowest BCUT2D eigenvalue weighted by molar-refractivity contribution is 1.18. The molecule has 0 spiro atoms. The molecular formula is C18H19NO. The van der Waals surface area contributed by atoms with E-state index in [1.54, 1.807) is 6.08 Å². The number of nitrogens with one attached hydrogen (secondary N) is 1. The van der Waals surface area contributed by atoms with Crippen molar-refractivity contribution in [1.82, 2.24) is 4.98 Å². The van der Waals surface area contributed by atoms with Crippen molar-refractivity contribution in [2.45, 2.75) is 20.3 Å². The molecule has 0 radical (unpaired) electrons. The summed E-state index contributed by atoms with van der Waals surface area (Å²) >= 11 is 0. The van der Waals surface area contributed by atoms with E-state index in [1.165, 1.54) is 0 Å². The van der Waals surface area contributed by atoms with Crippen molar-refractivity contribution >= 4 is 16.3 Å². The van der Waals surface area contributed by atoms with Crippen LogP contribution in [0.15, 0.2) is 59.9 Å². The van der Waals surface area contributed by atoms with Gasteiger partial charge in [-0.15, -0.1) is 0 Å². The van der Waals surface area contributed by atoms with Crippen LogP contribution in [0.3, 0.4) is 0 Å². The molecule has 2 aromatic rings. The van der Waals surface area contributed by atoms with E-state index in [9.17, 15) is 4.79 Å². The maximum absolute atomic E-state index is 12.1. The Hall–Kier alpha value is -2.35. The highest BCUT2D eigenvalue weighted by Gasteiger charge is 2.21. The summed E-state index contributed by atoms with van der Waals surface area (Å²) in [5, 5.41) is 1.76. The second-order valence-corrected chi connectivity index (χ2v) is 4.38. The summed E-state index contributed by atoms with van der Waals surface area (Å²) in [5.41, 5.74) is 4.11. The third-order valence-electron chi connectivity index (χ3n) is 3.47. The van der Waals surface area contributed by atoms with Crippen molar-refractivity contribution in [3.05, 3.63) is 76.8 Å². The van der Waals surface area contributed by atoms with Crippen LogP contribution in [0.2, 0.25) is 0 Å². The van der Waals surface area contributed by atoms with Crippen molar-refractivity contribution in [2.24, 2.45) is 0 Å². The van der Waals surface area contributed by atoms with Crippen molar-refractivity contribution in [3.8, 4) is 0 Å². The molecule has 0 saturated carbocycles. The number of hydrogen-bond donors (Lipinski definition) is 1. The van der Waals surface area contributed by atoms with E-state index >= 15 is 0 Å². The topological polar surface area (TPSA) is 32.9 Å². The minimum atomic E-state index is -0.0472. The third kappa shape index (κ3) is 2.03. The molecule has 1 aliphatic carbocycles. The van der Waals surface area contributed by atoms with E-state index in [-0.39, 0.29) is 5.56 Å². The Morgan fingerprint density at radius 3 is 2.35 bits per heavy atom. The zero-order valence-electron chi connectivity index (χ0n) is 12.0. The highest BCUT2D eigenvalue weighted by molar-refractivity contribution is 5.94. The second kappa shape index (κ2) is 5.74. The molecule has 0 fully saturated rings. The number of benzene rings is 1. The molecule has 1 aliphatic rings. The lowest BCUT2D eigenvalue weighted by atomic mass is 10.0. The Morgan fingerprint density at radius 2 is 1.75 bits per heavy atom. The molecule has 0 saturated heterocycles. The summed E-state index contributed by atoms with van der Waals surface area (Å²) in [6, 6.07) is 7.70. The lowest BCUT2D eigenvalue weighted by Crippen LogP contribution is -2.10. The maximum Gasteiger partial charge on any atom is 0.256 e. The van der Waals surface area contributed by atoms with E-state index in [1.807, 2.05) is 44.2 Å². The Kier molecular flexibility index (Phi) is 4.04. The number of aromatic amines is 1. The molecule has 1 N–H and O–H groups in total. The Labute approximate surface area is 119 Å². The minimum absolute atomic E-state index is 0.0472. The van der Waals surface area contributed by atoms with Crippen LogP contribution in [0.25, 0.3) is 16.3 Å². The summed E-state index contributed by atoms with van der Waals surface area (Å²) in [7, 11) is 0. The molecule has 20 heavy (non-hydrogen) atoms. The summed E-state index contributed by atoms with van der Waals surface area (Å²) in [4.78, 5) is 15.0. The molecule has 0 atom stereocenters. The minimum Gasteiger partial charge on any atom is -0.321 e. The molecule has 0 aliphatic heterocycles. The van der Waals surface area contributed by atoms with Crippen LogP contribution in [-0.4, -0.2) is 4.98 Å². The molecule has 1 heterocycles. The lowest BCUT2D eigenvalue weighted by Gasteiger charge is -2.05. The smallest absolute Gasteiger partial charge is 0.256 e. The van der Waals surface area contributed by atoms with Gasteiger partial charge in [0.05, 0.1) is 5.69 Å². The molecule has 3 rings (SSSR count). The molecular weight excluding hydrogens is 246 g/mol. The Balaban J connectivity index is 0.000000704. The summed E-state index contributed by atoms with van der Waals surface area (Å²) < 4.78 is 0. The highest BCUT2D eigenvalue weighted by Crippen LogP contribution is 2.35. The number of aromatic nitrogens is 1. The summed E-state index contributed by atoms with van der Waals surface area (Å²) in [5.74, 6) is 0. The van der Waals surface area contributed by atoms with Crippen LogP contribution in [0.4, 0.5) is 0 Å². The molecule has 2 nitrogen and oxygen atoms in total. The fraction of sp³-hybridized carbons (Fsp3) is 0.167. The fourth-order valence-electron chi connectivity index (χ4n) is 2.61. The predicted molar refractivity (Wildman–Crippen MR) is 86.9 cm³/mol. The van der Waals surface area contributed by atoms with Crippen LogP contribution >= 0.6 is 0 Å². The monoisotopic (exact) mass is 265 g/mol. The van der Waals surface area contributed by atoms with E-state index in [4.69, 9.17) is 0 Å². The SMILES string of the molecule is C=CC1=C(C=C)c2[nH]c(=O)c3ccccc3c2C1.CC. The number of pyridine rings is 1. The van der Waals surface area contributed by atoms with Gasteiger partial charge in [0.1, 0.15) is 0 Å². The van der Waals surface area contributed by atoms with E-state index in [2.05, 4.69) is 18.1 Å². The van der Waals surface area contributed by atoms with Gasteiger partial charge < -0.3 is 4.98 Å². The van der Waals surface area contributed by atoms with Crippen LogP contribution in [-0.2, 0) is 6.42 Å². The first-order valence-electron chi connectivity index (χ1n) is 6.88. The first kappa shape index (κ1) is 14.1. The van der Waals surface area contributed by atoms with Crippen LogP contribution in [0.1, 0.15) is 25.1 Å². The fourth-order valence-corrected chi connectivity index (χ4v) is 2.61. The number of H-pyrrole nitrogens is 1. The van der Waals surface area contributed by atoms with Gasteiger partial charge in [-0.1, -0.05) is 57.4 Å². The van der Waals surface area contributed by atoms with Crippen molar-refractivity contribution in [1.29, 1.82) is 0 Å². The summed E-state index contributed by atoms with van der Waals surface area (Å²) in [6.07, 6.45) is 4.43. The van der Waals surface area contributed by atoms with Crippen LogP contribution in [0, 0.1) is 0 Å². The van der Waals surface area contributed by atoms with Gasteiger partial charge in [0, 0.05) is 17.4 Å². The van der Waals surface area contributed by atoms with Gasteiger partial charge in [-0.05, 0) is 22.6 Å². The van der Waals surface area contributed by atoms with Crippen molar-refractivity contribution < 1.29 is 0 Å². The first-order chi connectivity index (χ1) is 9.76. The predicted octanol–water partition coefficient (Wildman–Crippen LogP) is 4.24. The van der Waals surface area contributed by atoms with Gasteiger partial charge in [0.15, 0.2) is 0 Å². The molecule has 1 aromatic heterocycles.